The molecule has 0 aromatic rings. The number of carbonyl (C=O) groups is 1. The highest BCUT2D eigenvalue weighted by atomic mass is 127. The van der Waals surface area contributed by atoms with Crippen LogP contribution in [0, 0.1) is 5.92 Å². The monoisotopic (exact) mass is 538 g/mol. The van der Waals surface area contributed by atoms with Crippen molar-refractivity contribution in [3.05, 3.63) is 0 Å². The molecule has 0 aromatic heterocycles. The standard InChI is InChI=1S/C22H42N4O3.HI/c1-22(2,3)29-21(27)26-14-11-18(12-15-26)17-25-20(23-4)24-13-8-16-28-19-9-6-5-7-10-19;/h18-19H,5-17H2,1-4H3,(H2,23,24,25);1H. The minimum Gasteiger partial charge on any atom is -0.444 e. The Balaban J connectivity index is 0.00000450. The van der Waals surface area contributed by atoms with Crippen LogP contribution in [0.3, 0.4) is 0 Å². The van der Waals surface area contributed by atoms with Crippen LogP contribution in [0.4, 0.5) is 4.79 Å². The molecular weight excluding hydrogens is 495 g/mol. The number of guanidine groups is 1. The zero-order valence-corrected chi connectivity index (χ0v) is 21.7. The summed E-state index contributed by atoms with van der Waals surface area (Å²) in [4.78, 5) is 18.3. The van der Waals surface area contributed by atoms with Crippen LogP contribution in [-0.4, -0.2) is 68.5 Å². The number of ether oxygens (including phenoxy) is 2. The van der Waals surface area contributed by atoms with Crippen molar-refractivity contribution in [1.82, 2.24) is 15.5 Å². The number of piperidine rings is 1. The molecule has 30 heavy (non-hydrogen) atoms. The lowest BCUT2D eigenvalue weighted by Crippen LogP contribution is -2.45. The van der Waals surface area contributed by atoms with E-state index in [1.807, 2.05) is 25.7 Å². The fourth-order valence-corrected chi connectivity index (χ4v) is 3.87. The van der Waals surface area contributed by atoms with Crippen molar-refractivity contribution in [1.29, 1.82) is 0 Å². The molecule has 1 heterocycles. The van der Waals surface area contributed by atoms with E-state index in [1.165, 1.54) is 32.1 Å². The van der Waals surface area contributed by atoms with E-state index in [0.717, 1.165) is 58.0 Å². The Hall–Kier alpha value is -0.770. The molecule has 0 spiro atoms. The number of carbonyl (C=O) groups excluding carboxylic acids is 1. The molecule has 8 heteroatoms. The van der Waals surface area contributed by atoms with Gasteiger partial charge in [-0.15, -0.1) is 24.0 Å². The second kappa shape index (κ2) is 14.3. The zero-order valence-electron chi connectivity index (χ0n) is 19.4. The predicted molar refractivity (Wildman–Crippen MR) is 133 cm³/mol. The van der Waals surface area contributed by atoms with E-state index in [2.05, 4.69) is 15.6 Å². The first kappa shape index (κ1) is 27.3. The first-order valence-corrected chi connectivity index (χ1v) is 11.4. The van der Waals surface area contributed by atoms with Crippen LogP contribution in [0.15, 0.2) is 4.99 Å². The third-order valence-corrected chi connectivity index (χ3v) is 5.57. The number of likely N-dealkylation sites (tertiary alicyclic amines) is 1. The van der Waals surface area contributed by atoms with Crippen LogP contribution in [-0.2, 0) is 9.47 Å². The number of rotatable bonds is 7. The first-order valence-electron chi connectivity index (χ1n) is 11.4. The Morgan fingerprint density at radius 1 is 1.07 bits per heavy atom. The minimum absolute atomic E-state index is 0. The van der Waals surface area contributed by atoms with Crippen LogP contribution < -0.4 is 10.6 Å². The van der Waals surface area contributed by atoms with E-state index in [1.54, 1.807) is 7.05 Å². The first-order chi connectivity index (χ1) is 13.9. The average molecular weight is 539 g/mol. The van der Waals surface area contributed by atoms with Crippen molar-refractivity contribution in [3.63, 3.8) is 0 Å². The molecule has 2 fully saturated rings. The lowest BCUT2D eigenvalue weighted by molar-refractivity contribution is 0.0185. The van der Waals surface area contributed by atoms with Gasteiger partial charge >= 0.3 is 6.09 Å². The fourth-order valence-electron chi connectivity index (χ4n) is 3.87. The molecule has 1 saturated carbocycles. The maximum atomic E-state index is 12.2. The zero-order chi connectivity index (χ0) is 21.1. The summed E-state index contributed by atoms with van der Waals surface area (Å²) in [6.45, 7) is 9.78. The molecule has 2 rings (SSSR count). The van der Waals surface area contributed by atoms with Crippen molar-refractivity contribution >= 4 is 36.0 Å². The lowest BCUT2D eigenvalue weighted by atomic mass is 9.97. The van der Waals surface area contributed by atoms with E-state index in [4.69, 9.17) is 9.47 Å². The number of halogens is 1. The quantitative estimate of drug-likeness (QED) is 0.221. The van der Waals surface area contributed by atoms with Gasteiger partial charge in [-0.3, -0.25) is 4.99 Å². The number of hydrogen-bond acceptors (Lipinski definition) is 4. The molecule has 0 bridgehead atoms. The maximum Gasteiger partial charge on any atom is 0.410 e. The Morgan fingerprint density at radius 3 is 2.33 bits per heavy atom. The summed E-state index contributed by atoms with van der Waals surface area (Å²) < 4.78 is 11.4. The summed E-state index contributed by atoms with van der Waals surface area (Å²) in [5.41, 5.74) is -0.435. The second-order valence-corrected chi connectivity index (χ2v) is 9.28. The molecule has 1 saturated heterocycles. The van der Waals surface area contributed by atoms with Crippen molar-refractivity contribution < 1.29 is 14.3 Å². The van der Waals surface area contributed by atoms with E-state index < -0.39 is 5.60 Å². The lowest BCUT2D eigenvalue weighted by Gasteiger charge is -2.33. The van der Waals surface area contributed by atoms with Crippen molar-refractivity contribution in [2.75, 3.05) is 39.8 Å². The summed E-state index contributed by atoms with van der Waals surface area (Å²) in [7, 11) is 1.80. The highest BCUT2D eigenvalue weighted by molar-refractivity contribution is 14.0. The van der Waals surface area contributed by atoms with Gasteiger partial charge in [0.25, 0.3) is 0 Å². The van der Waals surface area contributed by atoms with Gasteiger partial charge in [0.05, 0.1) is 6.10 Å². The Labute approximate surface area is 200 Å². The van der Waals surface area contributed by atoms with Gasteiger partial charge in [0.2, 0.25) is 0 Å². The van der Waals surface area contributed by atoms with Crippen LogP contribution >= 0.6 is 24.0 Å². The van der Waals surface area contributed by atoms with Gasteiger partial charge in [0.1, 0.15) is 5.60 Å². The molecule has 2 N–H and O–H groups in total. The molecule has 2 aliphatic rings. The van der Waals surface area contributed by atoms with E-state index in [-0.39, 0.29) is 30.1 Å². The van der Waals surface area contributed by atoms with Gasteiger partial charge in [-0.1, -0.05) is 19.3 Å². The van der Waals surface area contributed by atoms with Gasteiger partial charge in [-0.2, -0.15) is 0 Å². The molecule has 176 valence electrons. The highest BCUT2D eigenvalue weighted by Gasteiger charge is 2.26. The summed E-state index contributed by atoms with van der Waals surface area (Å²) >= 11 is 0. The molecule has 1 aliphatic carbocycles. The molecule has 1 aliphatic heterocycles. The summed E-state index contributed by atoms with van der Waals surface area (Å²) in [5, 5.41) is 6.80. The van der Waals surface area contributed by atoms with Gasteiger partial charge < -0.3 is 25.0 Å². The molecule has 1 amide bonds. The summed E-state index contributed by atoms with van der Waals surface area (Å²) in [6, 6.07) is 0. The normalized spacial score (nSPS) is 19.2. The predicted octanol–water partition coefficient (Wildman–Crippen LogP) is 4.16. The number of aliphatic imine (C=N–C) groups is 1. The smallest absolute Gasteiger partial charge is 0.410 e. The SMILES string of the molecule is CN=C(NCCCOC1CCCCC1)NCC1CCN(C(=O)OC(C)(C)C)CC1.I. The minimum atomic E-state index is -0.435. The number of nitrogens with one attached hydrogen (secondary N) is 2. The van der Waals surface area contributed by atoms with Gasteiger partial charge in [-0.25, -0.2) is 4.79 Å². The van der Waals surface area contributed by atoms with Crippen molar-refractivity contribution in [2.45, 2.75) is 83.8 Å². The molecule has 7 nitrogen and oxygen atoms in total. The Bertz CT molecular complexity index is 511. The summed E-state index contributed by atoms with van der Waals surface area (Å²) in [5.74, 6) is 1.39. The highest BCUT2D eigenvalue weighted by Crippen LogP contribution is 2.20. The van der Waals surface area contributed by atoms with Gasteiger partial charge in [-0.05, 0) is 58.8 Å². The Morgan fingerprint density at radius 2 is 1.73 bits per heavy atom. The van der Waals surface area contributed by atoms with E-state index in [0.29, 0.717) is 12.0 Å². The van der Waals surface area contributed by atoms with Gasteiger partial charge in [0.15, 0.2) is 5.96 Å². The van der Waals surface area contributed by atoms with Crippen molar-refractivity contribution in [3.8, 4) is 0 Å². The Kier molecular flexibility index (Phi) is 13.0. The number of amides is 1. The van der Waals surface area contributed by atoms with Crippen molar-refractivity contribution in [2.24, 2.45) is 10.9 Å². The van der Waals surface area contributed by atoms with Crippen LogP contribution in [0.25, 0.3) is 0 Å². The largest absolute Gasteiger partial charge is 0.444 e. The number of nitrogens with zero attached hydrogens (tertiary/aromatic N) is 2. The molecular formula is C22H43IN4O3. The molecule has 0 atom stereocenters. The maximum absolute atomic E-state index is 12.2. The van der Waals surface area contributed by atoms with E-state index >= 15 is 0 Å². The molecule has 0 radical (unpaired) electrons. The van der Waals surface area contributed by atoms with Crippen LogP contribution in [0.5, 0.6) is 0 Å². The van der Waals surface area contributed by atoms with E-state index in [9.17, 15) is 4.79 Å². The van der Waals surface area contributed by atoms with Crippen LogP contribution in [0.1, 0.15) is 72.1 Å². The fraction of sp³-hybridized carbons (Fsp3) is 0.909. The number of hydrogen-bond donors (Lipinski definition) is 2. The van der Waals surface area contributed by atoms with Gasteiger partial charge in [0, 0.05) is 39.8 Å². The summed E-state index contributed by atoms with van der Waals surface area (Å²) in [6.07, 6.45) is 9.69. The average Bonchev–Trinajstić information content (AvgIpc) is 2.70. The molecule has 0 aromatic carbocycles. The third-order valence-electron chi connectivity index (χ3n) is 5.57. The third kappa shape index (κ3) is 11.0. The second-order valence-electron chi connectivity index (χ2n) is 9.28. The van der Waals surface area contributed by atoms with Crippen LogP contribution in [0.2, 0.25) is 0 Å². The molecule has 0 unspecified atom stereocenters. The topological polar surface area (TPSA) is 75.2 Å².